The molecule has 0 heterocycles. The van der Waals surface area contributed by atoms with E-state index in [0.29, 0.717) is 6.42 Å². The molecule has 3 nitrogen and oxygen atoms in total. The summed E-state index contributed by atoms with van der Waals surface area (Å²) >= 11 is 0. The molecule has 0 aliphatic rings. The van der Waals surface area contributed by atoms with Gasteiger partial charge in [-0.15, -0.1) is 6.58 Å². The summed E-state index contributed by atoms with van der Waals surface area (Å²) in [6.45, 7) is 6.50. The maximum atomic E-state index is 5.41. The molecule has 72 valence electrons. The molecule has 0 spiro atoms. The molecule has 0 rings (SSSR count). The molecular formula is C9H19NO2. The molecule has 0 amide bonds. The van der Waals surface area contributed by atoms with Gasteiger partial charge < -0.3 is 4.74 Å². The minimum atomic E-state index is -0.195. The summed E-state index contributed by atoms with van der Waals surface area (Å²) in [5.41, 5.74) is 2.61. The molecule has 0 fully saturated rings. The van der Waals surface area contributed by atoms with Gasteiger partial charge in [-0.2, -0.15) is 0 Å². The zero-order valence-corrected chi connectivity index (χ0v) is 8.01. The van der Waals surface area contributed by atoms with Gasteiger partial charge in [0.15, 0.2) is 6.29 Å². The summed E-state index contributed by atoms with van der Waals surface area (Å²) in [5.74, 6) is 0. The second-order valence-corrected chi connectivity index (χ2v) is 2.50. The van der Waals surface area contributed by atoms with E-state index in [0.717, 1.165) is 19.4 Å². The molecule has 0 radical (unpaired) electrons. The minimum Gasteiger partial charge on any atom is -0.350 e. The lowest BCUT2D eigenvalue weighted by Crippen LogP contribution is -2.23. The van der Waals surface area contributed by atoms with Crippen molar-refractivity contribution in [3.05, 3.63) is 12.7 Å². The van der Waals surface area contributed by atoms with Gasteiger partial charge in [0.1, 0.15) is 0 Å². The molecule has 12 heavy (non-hydrogen) atoms. The Balaban J connectivity index is 3.40. The average molecular weight is 173 g/mol. The summed E-state index contributed by atoms with van der Waals surface area (Å²) in [5, 5.41) is 0. The smallest absolute Gasteiger partial charge is 0.180 e. The first kappa shape index (κ1) is 11.6. The van der Waals surface area contributed by atoms with Crippen molar-refractivity contribution in [2.45, 2.75) is 32.5 Å². The maximum absolute atomic E-state index is 5.41. The van der Waals surface area contributed by atoms with Crippen LogP contribution in [0.1, 0.15) is 26.2 Å². The predicted octanol–water partition coefficient (Wildman–Crippen LogP) is 1.86. The van der Waals surface area contributed by atoms with Crippen molar-refractivity contribution in [1.82, 2.24) is 5.48 Å². The Hall–Kier alpha value is -0.380. The van der Waals surface area contributed by atoms with E-state index in [4.69, 9.17) is 9.57 Å². The molecule has 0 aromatic carbocycles. The van der Waals surface area contributed by atoms with Crippen LogP contribution in [0.4, 0.5) is 0 Å². The van der Waals surface area contributed by atoms with Gasteiger partial charge in [-0.1, -0.05) is 19.4 Å². The Kier molecular flexibility index (Phi) is 8.44. The van der Waals surface area contributed by atoms with Gasteiger partial charge in [0, 0.05) is 20.1 Å². The lowest BCUT2D eigenvalue weighted by molar-refractivity contribution is -0.172. The van der Waals surface area contributed by atoms with Gasteiger partial charge in [0.05, 0.1) is 0 Å². The Morgan fingerprint density at radius 1 is 1.58 bits per heavy atom. The van der Waals surface area contributed by atoms with Crippen LogP contribution in [0.2, 0.25) is 0 Å². The predicted molar refractivity (Wildman–Crippen MR) is 49.6 cm³/mol. The van der Waals surface area contributed by atoms with Crippen molar-refractivity contribution in [2.75, 3.05) is 13.7 Å². The van der Waals surface area contributed by atoms with E-state index < -0.39 is 0 Å². The third-order valence-corrected chi connectivity index (χ3v) is 1.41. The zero-order valence-electron chi connectivity index (χ0n) is 8.01. The highest BCUT2D eigenvalue weighted by molar-refractivity contribution is 4.68. The largest absolute Gasteiger partial charge is 0.350 e. The SMILES string of the molecule is C=CCC(OCCCC)ONC. The molecular weight excluding hydrogens is 154 g/mol. The third-order valence-electron chi connectivity index (χ3n) is 1.41. The van der Waals surface area contributed by atoms with E-state index in [-0.39, 0.29) is 6.29 Å². The molecule has 1 atom stereocenters. The molecule has 0 aliphatic heterocycles. The lowest BCUT2D eigenvalue weighted by Gasteiger charge is -2.15. The van der Waals surface area contributed by atoms with Gasteiger partial charge in [-0.05, 0) is 6.42 Å². The van der Waals surface area contributed by atoms with Crippen molar-refractivity contribution >= 4 is 0 Å². The molecule has 1 N–H and O–H groups in total. The first-order chi connectivity index (χ1) is 5.85. The van der Waals surface area contributed by atoms with Crippen LogP contribution in [0.15, 0.2) is 12.7 Å². The van der Waals surface area contributed by atoms with Gasteiger partial charge in [0.2, 0.25) is 0 Å². The first-order valence-electron chi connectivity index (χ1n) is 4.40. The van der Waals surface area contributed by atoms with Crippen LogP contribution < -0.4 is 5.48 Å². The van der Waals surface area contributed by atoms with Crippen molar-refractivity contribution in [1.29, 1.82) is 0 Å². The number of hydrogen-bond donors (Lipinski definition) is 1. The van der Waals surface area contributed by atoms with E-state index in [1.165, 1.54) is 0 Å². The molecule has 1 unspecified atom stereocenters. The van der Waals surface area contributed by atoms with Crippen LogP contribution in [0.25, 0.3) is 0 Å². The fourth-order valence-electron chi connectivity index (χ4n) is 0.777. The van der Waals surface area contributed by atoms with Crippen molar-refractivity contribution in [2.24, 2.45) is 0 Å². The first-order valence-corrected chi connectivity index (χ1v) is 4.40. The highest BCUT2D eigenvalue weighted by Crippen LogP contribution is 2.01. The third kappa shape index (κ3) is 6.34. The zero-order chi connectivity index (χ0) is 9.23. The summed E-state index contributed by atoms with van der Waals surface area (Å²) in [6, 6.07) is 0. The molecule has 0 saturated carbocycles. The number of ether oxygens (including phenoxy) is 1. The van der Waals surface area contributed by atoms with Crippen molar-refractivity contribution in [3.8, 4) is 0 Å². The van der Waals surface area contributed by atoms with E-state index in [1.54, 1.807) is 13.1 Å². The van der Waals surface area contributed by atoms with Crippen LogP contribution in [0.5, 0.6) is 0 Å². The van der Waals surface area contributed by atoms with Crippen LogP contribution in [0.3, 0.4) is 0 Å². The topological polar surface area (TPSA) is 30.5 Å². The summed E-state index contributed by atoms with van der Waals surface area (Å²) in [6.07, 6.45) is 4.51. The number of unbranched alkanes of at least 4 members (excludes halogenated alkanes) is 1. The standard InChI is InChI=1S/C9H19NO2/c1-4-6-8-11-9(7-5-2)12-10-3/h5,9-10H,2,4,6-8H2,1,3H3. The summed E-state index contributed by atoms with van der Waals surface area (Å²) in [4.78, 5) is 5.09. The summed E-state index contributed by atoms with van der Waals surface area (Å²) in [7, 11) is 1.72. The quantitative estimate of drug-likeness (QED) is 0.263. The Bertz CT molecular complexity index is 107. The number of rotatable bonds is 8. The Morgan fingerprint density at radius 3 is 2.83 bits per heavy atom. The molecule has 0 aromatic heterocycles. The minimum absolute atomic E-state index is 0.195. The average Bonchev–Trinajstić information content (AvgIpc) is 2.06. The van der Waals surface area contributed by atoms with E-state index >= 15 is 0 Å². The summed E-state index contributed by atoms with van der Waals surface area (Å²) < 4.78 is 5.41. The van der Waals surface area contributed by atoms with Gasteiger partial charge >= 0.3 is 0 Å². The van der Waals surface area contributed by atoms with Crippen LogP contribution in [0, 0.1) is 0 Å². The van der Waals surface area contributed by atoms with Crippen molar-refractivity contribution in [3.63, 3.8) is 0 Å². The number of hydrogen-bond acceptors (Lipinski definition) is 3. The fourth-order valence-corrected chi connectivity index (χ4v) is 0.777. The second kappa shape index (κ2) is 8.71. The Morgan fingerprint density at radius 2 is 2.33 bits per heavy atom. The van der Waals surface area contributed by atoms with Gasteiger partial charge in [-0.25, -0.2) is 5.48 Å². The molecule has 3 heteroatoms. The van der Waals surface area contributed by atoms with E-state index in [2.05, 4.69) is 19.0 Å². The second-order valence-electron chi connectivity index (χ2n) is 2.50. The maximum Gasteiger partial charge on any atom is 0.180 e. The molecule has 0 aliphatic carbocycles. The highest BCUT2D eigenvalue weighted by atomic mass is 16.8. The normalized spacial score (nSPS) is 12.8. The van der Waals surface area contributed by atoms with Crippen LogP contribution in [-0.2, 0) is 9.57 Å². The van der Waals surface area contributed by atoms with Gasteiger partial charge in [0.25, 0.3) is 0 Å². The van der Waals surface area contributed by atoms with E-state index in [1.807, 2.05) is 0 Å². The fraction of sp³-hybridized carbons (Fsp3) is 0.778. The van der Waals surface area contributed by atoms with Crippen LogP contribution in [-0.4, -0.2) is 19.9 Å². The Labute approximate surface area is 74.7 Å². The highest BCUT2D eigenvalue weighted by Gasteiger charge is 2.05. The van der Waals surface area contributed by atoms with Gasteiger partial charge in [-0.3, -0.25) is 4.84 Å². The molecule has 0 saturated heterocycles. The lowest BCUT2D eigenvalue weighted by atomic mass is 10.3. The number of hydroxylamine groups is 1. The number of nitrogens with one attached hydrogen (secondary N) is 1. The van der Waals surface area contributed by atoms with Crippen LogP contribution >= 0.6 is 0 Å². The monoisotopic (exact) mass is 173 g/mol. The van der Waals surface area contributed by atoms with Crippen molar-refractivity contribution < 1.29 is 9.57 Å². The van der Waals surface area contributed by atoms with E-state index in [9.17, 15) is 0 Å². The molecule has 0 bridgehead atoms. The molecule has 0 aromatic rings.